The predicted molar refractivity (Wildman–Crippen MR) is 57.8 cm³/mol. The molecular weight excluding hydrogens is 176 g/mol. The molecule has 1 aliphatic heterocycles. The highest BCUT2D eigenvalue weighted by atomic mass is 16.6. The van der Waals surface area contributed by atoms with Crippen LogP contribution in [0.4, 0.5) is 0 Å². The molecule has 3 atom stereocenters. The summed E-state index contributed by atoms with van der Waals surface area (Å²) in [4.78, 5) is 0. The van der Waals surface area contributed by atoms with Crippen LogP contribution in [0.5, 0.6) is 0 Å². The summed E-state index contributed by atoms with van der Waals surface area (Å²) in [6.45, 7) is 4.84. The number of hydrogen-bond donors (Lipinski definition) is 1. The molecule has 80 valence electrons. The van der Waals surface area contributed by atoms with Gasteiger partial charge < -0.3 is 9.84 Å². The van der Waals surface area contributed by atoms with Gasteiger partial charge in [0.2, 0.25) is 0 Å². The Kier molecular flexibility index (Phi) is 4.91. The maximum Gasteiger partial charge on any atom is 0.161 e. The fraction of sp³-hybridized carbons (Fsp3) is 0.667. The van der Waals surface area contributed by atoms with Crippen molar-refractivity contribution in [2.24, 2.45) is 11.8 Å². The second-order valence-corrected chi connectivity index (χ2v) is 3.64. The summed E-state index contributed by atoms with van der Waals surface area (Å²) in [6.07, 6.45) is 9.88. The second-order valence-electron chi connectivity index (χ2n) is 3.64. The summed E-state index contributed by atoms with van der Waals surface area (Å²) in [5, 5.41) is 9.58. The summed E-state index contributed by atoms with van der Waals surface area (Å²) in [6, 6.07) is 0. The molecule has 2 nitrogen and oxygen atoms in total. The van der Waals surface area contributed by atoms with Crippen LogP contribution in [0, 0.1) is 11.8 Å². The van der Waals surface area contributed by atoms with Crippen molar-refractivity contribution in [3.63, 3.8) is 0 Å². The minimum Gasteiger partial charge on any atom is -0.367 e. The van der Waals surface area contributed by atoms with Crippen molar-refractivity contribution in [1.29, 1.82) is 0 Å². The summed E-state index contributed by atoms with van der Waals surface area (Å²) >= 11 is 0. The van der Waals surface area contributed by atoms with Crippen LogP contribution in [0.1, 0.15) is 26.7 Å². The summed E-state index contributed by atoms with van der Waals surface area (Å²) in [7, 11) is 0. The van der Waals surface area contributed by atoms with Gasteiger partial charge in [0.15, 0.2) is 6.29 Å². The average Bonchev–Trinajstić information content (AvgIpc) is 2.53. The maximum atomic E-state index is 9.58. The van der Waals surface area contributed by atoms with Crippen LogP contribution < -0.4 is 0 Å². The fourth-order valence-corrected chi connectivity index (χ4v) is 1.67. The van der Waals surface area contributed by atoms with E-state index in [9.17, 15) is 5.11 Å². The lowest BCUT2D eigenvalue weighted by Gasteiger charge is -2.12. The Morgan fingerprint density at radius 1 is 1.21 bits per heavy atom. The summed E-state index contributed by atoms with van der Waals surface area (Å²) < 4.78 is 5.23. The first-order chi connectivity index (χ1) is 6.79. The van der Waals surface area contributed by atoms with Gasteiger partial charge in [0.1, 0.15) is 0 Å². The Bertz CT molecular complexity index is 208. The lowest BCUT2D eigenvalue weighted by atomic mass is 9.93. The van der Waals surface area contributed by atoms with E-state index in [1.54, 1.807) is 0 Å². The largest absolute Gasteiger partial charge is 0.367 e. The van der Waals surface area contributed by atoms with Crippen molar-refractivity contribution in [2.45, 2.75) is 33.0 Å². The van der Waals surface area contributed by atoms with E-state index >= 15 is 0 Å². The van der Waals surface area contributed by atoms with E-state index in [4.69, 9.17) is 4.74 Å². The van der Waals surface area contributed by atoms with Gasteiger partial charge in [-0.2, -0.15) is 0 Å². The highest BCUT2D eigenvalue weighted by molar-refractivity contribution is 5.03. The molecule has 0 unspecified atom stereocenters. The van der Waals surface area contributed by atoms with E-state index in [1.165, 1.54) is 0 Å². The molecule has 0 aromatic rings. The zero-order valence-corrected chi connectivity index (χ0v) is 9.02. The molecule has 0 bridgehead atoms. The average molecular weight is 196 g/mol. The standard InChI is InChI=1S/C12H20O2/c1-3-5-7-10-9-14-12(13)11(10)8-6-4-2/h5-8,10-13H,3-4,9H2,1-2H3/b7-5+,8-6+/t10-,11-,12-/m1/s1. The first-order valence-corrected chi connectivity index (χ1v) is 5.42. The monoisotopic (exact) mass is 196 g/mol. The highest BCUT2D eigenvalue weighted by Crippen LogP contribution is 2.28. The Morgan fingerprint density at radius 3 is 2.50 bits per heavy atom. The van der Waals surface area contributed by atoms with E-state index in [-0.39, 0.29) is 5.92 Å². The van der Waals surface area contributed by atoms with Gasteiger partial charge in [0.05, 0.1) is 6.61 Å². The normalized spacial score (nSPS) is 33.5. The Labute approximate surface area is 86.3 Å². The van der Waals surface area contributed by atoms with E-state index in [0.29, 0.717) is 12.5 Å². The lowest BCUT2D eigenvalue weighted by Crippen LogP contribution is -2.16. The molecule has 1 N–H and O–H groups in total. The van der Waals surface area contributed by atoms with Crippen molar-refractivity contribution >= 4 is 0 Å². The quantitative estimate of drug-likeness (QED) is 0.700. The number of rotatable bonds is 4. The molecule has 0 aliphatic carbocycles. The number of hydrogen-bond acceptors (Lipinski definition) is 2. The molecule has 2 heteroatoms. The highest BCUT2D eigenvalue weighted by Gasteiger charge is 2.32. The lowest BCUT2D eigenvalue weighted by molar-refractivity contribution is -0.0735. The molecule has 0 saturated carbocycles. The zero-order chi connectivity index (χ0) is 10.4. The van der Waals surface area contributed by atoms with Crippen molar-refractivity contribution in [3.05, 3.63) is 24.3 Å². The molecule has 0 aromatic heterocycles. The number of ether oxygens (including phenoxy) is 1. The Hall–Kier alpha value is -0.600. The minimum atomic E-state index is -0.621. The van der Waals surface area contributed by atoms with Crippen molar-refractivity contribution in [2.75, 3.05) is 6.61 Å². The molecule has 1 heterocycles. The third-order valence-electron chi connectivity index (χ3n) is 2.50. The molecule has 14 heavy (non-hydrogen) atoms. The molecule has 1 rings (SSSR count). The predicted octanol–water partition coefficient (Wildman–Crippen LogP) is 2.50. The fourth-order valence-electron chi connectivity index (χ4n) is 1.67. The maximum absolute atomic E-state index is 9.58. The van der Waals surface area contributed by atoms with Gasteiger partial charge in [-0.1, -0.05) is 38.2 Å². The van der Waals surface area contributed by atoms with Gasteiger partial charge in [-0.05, 0) is 12.8 Å². The van der Waals surface area contributed by atoms with Gasteiger partial charge in [0, 0.05) is 11.8 Å². The second kappa shape index (κ2) is 5.99. The van der Waals surface area contributed by atoms with E-state index < -0.39 is 6.29 Å². The van der Waals surface area contributed by atoms with Crippen molar-refractivity contribution < 1.29 is 9.84 Å². The molecule has 1 saturated heterocycles. The Morgan fingerprint density at radius 2 is 1.86 bits per heavy atom. The van der Waals surface area contributed by atoms with Crippen LogP contribution in [-0.4, -0.2) is 18.0 Å². The summed E-state index contributed by atoms with van der Waals surface area (Å²) in [5.74, 6) is 0.477. The van der Waals surface area contributed by atoms with E-state index in [2.05, 4.69) is 38.2 Å². The molecule has 1 fully saturated rings. The number of aliphatic hydroxyl groups excluding tert-OH is 1. The van der Waals surface area contributed by atoms with E-state index in [1.807, 2.05) is 0 Å². The smallest absolute Gasteiger partial charge is 0.161 e. The first-order valence-electron chi connectivity index (χ1n) is 5.42. The van der Waals surface area contributed by atoms with Crippen LogP contribution in [0.2, 0.25) is 0 Å². The van der Waals surface area contributed by atoms with E-state index in [0.717, 1.165) is 12.8 Å². The Balaban J connectivity index is 2.57. The summed E-state index contributed by atoms with van der Waals surface area (Å²) in [5.41, 5.74) is 0. The third-order valence-corrected chi connectivity index (χ3v) is 2.50. The van der Waals surface area contributed by atoms with Crippen LogP contribution in [0.25, 0.3) is 0 Å². The van der Waals surface area contributed by atoms with Crippen LogP contribution in [0.3, 0.4) is 0 Å². The molecule has 0 amide bonds. The topological polar surface area (TPSA) is 29.5 Å². The zero-order valence-electron chi connectivity index (χ0n) is 9.02. The van der Waals surface area contributed by atoms with Crippen molar-refractivity contribution in [3.8, 4) is 0 Å². The number of aliphatic hydroxyl groups is 1. The first kappa shape index (κ1) is 11.5. The SMILES string of the molecule is CC/C=C/[C@@H]1[C@H](/C=C/CC)CO[C@H]1O. The van der Waals surface area contributed by atoms with Gasteiger partial charge in [0.25, 0.3) is 0 Å². The van der Waals surface area contributed by atoms with Crippen LogP contribution >= 0.6 is 0 Å². The molecule has 0 radical (unpaired) electrons. The van der Waals surface area contributed by atoms with Crippen LogP contribution in [-0.2, 0) is 4.74 Å². The molecule has 0 aromatic carbocycles. The van der Waals surface area contributed by atoms with Crippen LogP contribution in [0.15, 0.2) is 24.3 Å². The number of allylic oxidation sites excluding steroid dienone is 2. The minimum absolute atomic E-state index is 0.137. The van der Waals surface area contributed by atoms with Gasteiger partial charge in [-0.15, -0.1) is 0 Å². The molecule has 0 spiro atoms. The third kappa shape index (κ3) is 2.96. The van der Waals surface area contributed by atoms with Gasteiger partial charge in [-0.25, -0.2) is 0 Å². The van der Waals surface area contributed by atoms with Gasteiger partial charge >= 0.3 is 0 Å². The van der Waals surface area contributed by atoms with Gasteiger partial charge in [-0.3, -0.25) is 0 Å². The molecular formula is C12H20O2. The molecule has 1 aliphatic rings. The van der Waals surface area contributed by atoms with Crippen molar-refractivity contribution in [1.82, 2.24) is 0 Å².